The molecule has 4 heteroatoms. The van der Waals surface area contributed by atoms with Gasteiger partial charge in [0.05, 0.1) is 0 Å². The van der Waals surface area contributed by atoms with Crippen LogP contribution < -0.4 is 9.64 Å². The predicted octanol–water partition coefficient (Wildman–Crippen LogP) is 2.96. The van der Waals surface area contributed by atoms with Crippen molar-refractivity contribution in [3.63, 3.8) is 0 Å². The third-order valence-corrected chi connectivity index (χ3v) is 3.44. The van der Waals surface area contributed by atoms with Crippen LogP contribution in [-0.4, -0.2) is 23.1 Å². The van der Waals surface area contributed by atoms with Gasteiger partial charge < -0.3 is 9.64 Å². The first-order valence-electron chi connectivity index (χ1n) is 7.08. The predicted molar refractivity (Wildman–Crippen MR) is 79.0 cm³/mol. The standard InChI is InChI=1S/C16H19N3O/c1-13-11-15(20-12-14-7-3-2-4-8-14)18-16(17-13)19-9-5-6-10-19/h2-4,7-8,11H,5-6,9-10,12H2,1H3. The third-order valence-electron chi connectivity index (χ3n) is 3.44. The Hall–Kier alpha value is -2.10. The van der Waals surface area contributed by atoms with E-state index in [0.717, 1.165) is 30.3 Å². The molecule has 0 aliphatic carbocycles. The number of nitrogens with zero attached hydrogens (tertiary/aromatic N) is 3. The van der Waals surface area contributed by atoms with E-state index in [1.54, 1.807) is 0 Å². The van der Waals surface area contributed by atoms with Gasteiger partial charge in [-0.3, -0.25) is 0 Å². The Balaban J connectivity index is 1.72. The van der Waals surface area contributed by atoms with Gasteiger partial charge in [-0.2, -0.15) is 4.98 Å². The zero-order valence-corrected chi connectivity index (χ0v) is 11.7. The van der Waals surface area contributed by atoms with E-state index in [9.17, 15) is 0 Å². The molecule has 1 saturated heterocycles. The van der Waals surface area contributed by atoms with Crippen molar-refractivity contribution in [3.05, 3.63) is 47.7 Å². The third kappa shape index (κ3) is 3.07. The maximum absolute atomic E-state index is 5.80. The van der Waals surface area contributed by atoms with Crippen LogP contribution in [0.1, 0.15) is 24.1 Å². The fraction of sp³-hybridized carbons (Fsp3) is 0.375. The molecule has 4 nitrogen and oxygen atoms in total. The number of aryl methyl sites for hydroxylation is 1. The molecule has 0 saturated carbocycles. The number of rotatable bonds is 4. The zero-order chi connectivity index (χ0) is 13.8. The van der Waals surface area contributed by atoms with E-state index in [-0.39, 0.29) is 0 Å². The molecule has 3 rings (SSSR count). The van der Waals surface area contributed by atoms with Crippen LogP contribution >= 0.6 is 0 Å². The first-order valence-corrected chi connectivity index (χ1v) is 7.08. The van der Waals surface area contributed by atoms with Gasteiger partial charge in [-0.05, 0) is 25.3 Å². The molecule has 1 fully saturated rings. The van der Waals surface area contributed by atoms with Crippen molar-refractivity contribution in [2.75, 3.05) is 18.0 Å². The summed E-state index contributed by atoms with van der Waals surface area (Å²) in [6, 6.07) is 12.0. The smallest absolute Gasteiger partial charge is 0.228 e. The van der Waals surface area contributed by atoms with Crippen LogP contribution in [0.3, 0.4) is 0 Å². The monoisotopic (exact) mass is 269 g/mol. The normalized spacial score (nSPS) is 14.6. The van der Waals surface area contributed by atoms with Crippen molar-refractivity contribution >= 4 is 5.95 Å². The van der Waals surface area contributed by atoms with Crippen molar-refractivity contribution in [2.24, 2.45) is 0 Å². The number of hydrogen-bond acceptors (Lipinski definition) is 4. The molecule has 1 aromatic carbocycles. The average Bonchev–Trinajstić information content (AvgIpc) is 3.00. The summed E-state index contributed by atoms with van der Waals surface area (Å²) in [7, 11) is 0. The Bertz CT molecular complexity index is 565. The molecule has 0 atom stereocenters. The van der Waals surface area contributed by atoms with Gasteiger partial charge in [-0.1, -0.05) is 30.3 Å². The number of hydrogen-bond donors (Lipinski definition) is 0. The molecule has 1 aromatic heterocycles. The second-order valence-electron chi connectivity index (χ2n) is 5.12. The Morgan fingerprint density at radius 2 is 1.85 bits per heavy atom. The van der Waals surface area contributed by atoms with Gasteiger partial charge in [-0.15, -0.1) is 0 Å². The van der Waals surface area contributed by atoms with E-state index in [1.165, 1.54) is 12.8 Å². The molecular formula is C16H19N3O. The fourth-order valence-electron chi connectivity index (χ4n) is 2.39. The van der Waals surface area contributed by atoms with Gasteiger partial charge in [0.25, 0.3) is 0 Å². The average molecular weight is 269 g/mol. The maximum Gasteiger partial charge on any atom is 0.228 e. The molecule has 1 aliphatic heterocycles. The highest BCUT2D eigenvalue weighted by Gasteiger charge is 2.16. The molecule has 2 heterocycles. The number of ether oxygens (including phenoxy) is 1. The summed E-state index contributed by atoms with van der Waals surface area (Å²) in [4.78, 5) is 11.3. The minimum Gasteiger partial charge on any atom is -0.473 e. The van der Waals surface area contributed by atoms with E-state index >= 15 is 0 Å². The molecule has 0 spiro atoms. The topological polar surface area (TPSA) is 38.2 Å². The fourth-order valence-corrected chi connectivity index (χ4v) is 2.39. The number of aromatic nitrogens is 2. The van der Waals surface area contributed by atoms with E-state index in [4.69, 9.17) is 4.74 Å². The summed E-state index contributed by atoms with van der Waals surface area (Å²) in [5.74, 6) is 1.45. The summed E-state index contributed by atoms with van der Waals surface area (Å²) in [5, 5.41) is 0. The van der Waals surface area contributed by atoms with Gasteiger partial charge in [0.15, 0.2) is 0 Å². The van der Waals surface area contributed by atoms with Crippen LogP contribution in [-0.2, 0) is 6.61 Å². The highest BCUT2D eigenvalue weighted by atomic mass is 16.5. The summed E-state index contributed by atoms with van der Waals surface area (Å²) >= 11 is 0. The lowest BCUT2D eigenvalue weighted by molar-refractivity contribution is 0.293. The van der Waals surface area contributed by atoms with Crippen molar-refractivity contribution in [2.45, 2.75) is 26.4 Å². The van der Waals surface area contributed by atoms with Crippen LogP contribution in [0.2, 0.25) is 0 Å². The SMILES string of the molecule is Cc1cc(OCc2ccccc2)nc(N2CCCC2)n1. The van der Waals surface area contributed by atoms with Crippen molar-refractivity contribution in [1.82, 2.24) is 9.97 Å². The lowest BCUT2D eigenvalue weighted by Gasteiger charge is -2.16. The molecular weight excluding hydrogens is 250 g/mol. The van der Waals surface area contributed by atoms with Crippen LogP contribution in [0.4, 0.5) is 5.95 Å². The van der Waals surface area contributed by atoms with E-state index in [0.29, 0.717) is 12.5 Å². The number of benzene rings is 1. The highest BCUT2D eigenvalue weighted by molar-refractivity contribution is 5.35. The summed E-state index contributed by atoms with van der Waals surface area (Å²) in [5.41, 5.74) is 2.09. The van der Waals surface area contributed by atoms with Gasteiger partial charge >= 0.3 is 0 Å². The molecule has 0 unspecified atom stereocenters. The Kier molecular flexibility index (Phi) is 3.81. The van der Waals surface area contributed by atoms with Crippen LogP contribution in [0.25, 0.3) is 0 Å². The quantitative estimate of drug-likeness (QED) is 0.855. The minimum atomic E-state index is 0.538. The lowest BCUT2D eigenvalue weighted by atomic mass is 10.2. The zero-order valence-electron chi connectivity index (χ0n) is 11.7. The molecule has 20 heavy (non-hydrogen) atoms. The minimum absolute atomic E-state index is 0.538. The largest absolute Gasteiger partial charge is 0.473 e. The first-order chi connectivity index (χ1) is 9.81. The molecule has 0 bridgehead atoms. The Morgan fingerprint density at radius 3 is 2.60 bits per heavy atom. The maximum atomic E-state index is 5.80. The molecule has 104 valence electrons. The molecule has 2 aromatic rings. The van der Waals surface area contributed by atoms with Gasteiger partial charge in [0, 0.05) is 24.8 Å². The second-order valence-corrected chi connectivity index (χ2v) is 5.12. The van der Waals surface area contributed by atoms with Crippen LogP contribution in [0, 0.1) is 6.92 Å². The molecule has 0 N–H and O–H groups in total. The lowest BCUT2D eigenvalue weighted by Crippen LogP contribution is -2.21. The Labute approximate surface area is 119 Å². The summed E-state index contributed by atoms with van der Waals surface area (Å²) < 4.78 is 5.80. The highest BCUT2D eigenvalue weighted by Crippen LogP contribution is 2.20. The Morgan fingerprint density at radius 1 is 1.10 bits per heavy atom. The molecule has 0 radical (unpaired) electrons. The second kappa shape index (κ2) is 5.90. The first kappa shape index (κ1) is 12.9. The van der Waals surface area contributed by atoms with Crippen LogP contribution in [0.5, 0.6) is 5.88 Å². The van der Waals surface area contributed by atoms with E-state index in [2.05, 4.69) is 27.0 Å². The van der Waals surface area contributed by atoms with Crippen LogP contribution in [0.15, 0.2) is 36.4 Å². The van der Waals surface area contributed by atoms with Crippen molar-refractivity contribution < 1.29 is 4.74 Å². The molecule has 0 amide bonds. The number of anilines is 1. The van der Waals surface area contributed by atoms with Gasteiger partial charge in [-0.25, -0.2) is 4.98 Å². The van der Waals surface area contributed by atoms with Gasteiger partial charge in [0.2, 0.25) is 11.8 Å². The van der Waals surface area contributed by atoms with Gasteiger partial charge in [0.1, 0.15) is 6.61 Å². The summed E-state index contributed by atoms with van der Waals surface area (Å²) in [6.45, 7) is 4.61. The van der Waals surface area contributed by atoms with E-state index in [1.807, 2.05) is 31.2 Å². The summed E-state index contributed by atoms with van der Waals surface area (Å²) in [6.07, 6.45) is 2.44. The van der Waals surface area contributed by atoms with E-state index < -0.39 is 0 Å². The van der Waals surface area contributed by atoms with Crippen molar-refractivity contribution in [1.29, 1.82) is 0 Å². The molecule has 1 aliphatic rings. The van der Waals surface area contributed by atoms with Crippen molar-refractivity contribution in [3.8, 4) is 5.88 Å².